The summed E-state index contributed by atoms with van der Waals surface area (Å²) in [6.45, 7) is 0. The number of rotatable bonds is 4. The van der Waals surface area contributed by atoms with Crippen LogP contribution < -0.4 is 15.3 Å². The monoisotopic (exact) mass is 280 g/mol. The van der Waals surface area contributed by atoms with Gasteiger partial charge in [0.2, 0.25) is 0 Å². The second-order valence-electron chi connectivity index (χ2n) is 4.64. The highest BCUT2D eigenvalue weighted by Crippen LogP contribution is 2.44. The van der Waals surface area contributed by atoms with Gasteiger partial charge in [0.15, 0.2) is 0 Å². The highest BCUT2D eigenvalue weighted by molar-refractivity contribution is 7.74. The number of ether oxygens (including phenoxy) is 1. The Morgan fingerprint density at radius 2 is 1.50 bits per heavy atom. The first-order chi connectivity index (χ1) is 9.90. The summed E-state index contributed by atoms with van der Waals surface area (Å²) in [5.41, 5.74) is 0.448. The molecule has 1 unspecified atom stereocenters. The van der Waals surface area contributed by atoms with Crippen molar-refractivity contribution in [1.29, 1.82) is 0 Å². The standard InChI is InChI=1S/C18H17OP/c1-19-17-13-7-8-14-18(17)20(16-11-5-6-12-16)15-9-3-2-4-10-15/h2-14,16H,1H3. The number of para-hydroxylation sites is 1. The van der Waals surface area contributed by atoms with Crippen molar-refractivity contribution in [3.05, 3.63) is 78.9 Å². The molecule has 0 radical (unpaired) electrons. The maximum Gasteiger partial charge on any atom is 0.126 e. The van der Waals surface area contributed by atoms with E-state index in [0.717, 1.165) is 5.75 Å². The zero-order chi connectivity index (χ0) is 13.8. The fraction of sp³-hybridized carbons (Fsp3) is 0.111. The third-order valence-corrected chi connectivity index (χ3v) is 6.09. The van der Waals surface area contributed by atoms with Crippen LogP contribution in [0.3, 0.4) is 0 Å². The predicted octanol–water partition coefficient (Wildman–Crippen LogP) is 3.62. The van der Waals surface area contributed by atoms with Crippen LogP contribution in [0, 0.1) is 0 Å². The largest absolute Gasteiger partial charge is 0.496 e. The molecule has 0 spiro atoms. The maximum atomic E-state index is 5.58. The molecule has 0 aliphatic heterocycles. The minimum Gasteiger partial charge on any atom is -0.496 e. The van der Waals surface area contributed by atoms with Gasteiger partial charge in [0, 0.05) is 11.0 Å². The Hall–Kier alpha value is -1.85. The molecule has 0 heterocycles. The fourth-order valence-electron chi connectivity index (χ4n) is 2.48. The zero-order valence-corrected chi connectivity index (χ0v) is 12.3. The van der Waals surface area contributed by atoms with Gasteiger partial charge in [0.1, 0.15) is 5.75 Å². The van der Waals surface area contributed by atoms with Gasteiger partial charge in [0.05, 0.1) is 7.11 Å². The minimum atomic E-state index is -0.477. The van der Waals surface area contributed by atoms with Crippen LogP contribution in [0.4, 0.5) is 0 Å². The van der Waals surface area contributed by atoms with Crippen LogP contribution in [-0.4, -0.2) is 12.8 Å². The SMILES string of the molecule is COc1ccccc1P(c1ccccc1)C1C=CC=C1. The minimum absolute atomic E-state index is 0.448. The lowest BCUT2D eigenvalue weighted by Gasteiger charge is -2.24. The van der Waals surface area contributed by atoms with E-state index in [1.54, 1.807) is 7.11 Å². The lowest BCUT2D eigenvalue weighted by atomic mass is 10.3. The molecule has 0 saturated heterocycles. The van der Waals surface area contributed by atoms with E-state index in [1.165, 1.54) is 10.6 Å². The summed E-state index contributed by atoms with van der Waals surface area (Å²) in [6, 6.07) is 19.1. The van der Waals surface area contributed by atoms with Crippen molar-refractivity contribution in [2.45, 2.75) is 5.66 Å². The van der Waals surface area contributed by atoms with Crippen LogP contribution in [0.5, 0.6) is 5.75 Å². The van der Waals surface area contributed by atoms with Gasteiger partial charge in [-0.25, -0.2) is 0 Å². The van der Waals surface area contributed by atoms with Gasteiger partial charge in [-0.3, -0.25) is 0 Å². The fourth-order valence-corrected chi connectivity index (χ4v) is 5.11. The number of allylic oxidation sites excluding steroid dienone is 4. The van der Waals surface area contributed by atoms with Crippen LogP contribution in [0.2, 0.25) is 0 Å². The summed E-state index contributed by atoms with van der Waals surface area (Å²) in [7, 11) is 1.27. The van der Waals surface area contributed by atoms with E-state index in [1.807, 2.05) is 6.07 Å². The average Bonchev–Trinajstić information content (AvgIpc) is 3.03. The van der Waals surface area contributed by atoms with Crippen LogP contribution in [0.25, 0.3) is 0 Å². The highest BCUT2D eigenvalue weighted by Gasteiger charge is 2.24. The number of hydrogen-bond donors (Lipinski definition) is 0. The van der Waals surface area contributed by atoms with Crippen molar-refractivity contribution < 1.29 is 4.74 Å². The van der Waals surface area contributed by atoms with Gasteiger partial charge in [-0.1, -0.05) is 72.8 Å². The van der Waals surface area contributed by atoms with E-state index in [9.17, 15) is 0 Å². The van der Waals surface area contributed by atoms with E-state index in [4.69, 9.17) is 4.74 Å². The Labute approximate surface area is 121 Å². The number of benzene rings is 2. The maximum absolute atomic E-state index is 5.58. The molecule has 1 nitrogen and oxygen atoms in total. The van der Waals surface area contributed by atoms with Gasteiger partial charge in [-0.2, -0.15) is 0 Å². The molecule has 3 rings (SSSR count). The smallest absolute Gasteiger partial charge is 0.126 e. The lowest BCUT2D eigenvalue weighted by molar-refractivity contribution is 0.418. The number of methoxy groups -OCH3 is 1. The predicted molar refractivity (Wildman–Crippen MR) is 87.7 cm³/mol. The molecule has 0 bridgehead atoms. The normalized spacial score (nSPS) is 15.4. The molecule has 0 aromatic heterocycles. The molecule has 1 aliphatic rings. The molecular formula is C18H17OP. The Bertz CT molecular complexity index is 619. The second-order valence-corrected chi connectivity index (χ2v) is 6.97. The van der Waals surface area contributed by atoms with Gasteiger partial charge < -0.3 is 4.74 Å². The Morgan fingerprint density at radius 3 is 2.20 bits per heavy atom. The highest BCUT2D eigenvalue weighted by atomic mass is 31.1. The zero-order valence-electron chi connectivity index (χ0n) is 11.4. The molecule has 0 saturated carbocycles. The molecule has 1 aliphatic carbocycles. The van der Waals surface area contributed by atoms with Crippen molar-refractivity contribution in [3.8, 4) is 5.75 Å². The van der Waals surface area contributed by atoms with Crippen molar-refractivity contribution >= 4 is 18.5 Å². The van der Waals surface area contributed by atoms with Crippen LogP contribution in [0.15, 0.2) is 78.9 Å². The molecular weight excluding hydrogens is 263 g/mol. The summed E-state index contributed by atoms with van der Waals surface area (Å²) in [5, 5.41) is 2.69. The molecule has 1 atom stereocenters. The van der Waals surface area contributed by atoms with Crippen molar-refractivity contribution in [2.75, 3.05) is 7.11 Å². The molecule has 2 aromatic carbocycles. The molecule has 0 N–H and O–H groups in total. The molecule has 0 amide bonds. The van der Waals surface area contributed by atoms with Gasteiger partial charge in [-0.05, 0) is 19.3 Å². The quantitative estimate of drug-likeness (QED) is 0.777. The number of hydrogen-bond acceptors (Lipinski definition) is 1. The molecule has 100 valence electrons. The average molecular weight is 280 g/mol. The molecule has 20 heavy (non-hydrogen) atoms. The van der Waals surface area contributed by atoms with E-state index in [-0.39, 0.29) is 0 Å². The first kappa shape index (κ1) is 13.1. The molecule has 0 fully saturated rings. The summed E-state index contributed by atoms with van der Waals surface area (Å²) in [6.07, 6.45) is 8.84. The topological polar surface area (TPSA) is 9.23 Å². The van der Waals surface area contributed by atoms with E-state index < -0.39 is 7.92 Å². The van der Waals surface area contributed by atoms with Crippen LogP contribution in [-0.2, 0) is 0 Å². The molecule has 2 aromatic rings. The van der Waals surface area contributed by atoms with Crippen molar-refractivity contribution in [3.63, 3.8) is 0 Å². The summed E-state index contributed by atoms with van der Waals surface area (Å²) < 4.78 is 5.58. The summed E-state index contributed by atoms with van der Waals surface area (Å²) >= 11 is 0. The van der Waals surface area contributed by atoms with Crippen LogP contribution >= 0.6 is 7.92 Å². The summed E-state index contributed by atoms with van der Waals surface area (Å²) in [5.74, 6) is 0.983. The van der Waals surface area contributed by atoms with E-state index in [2.05, 4.69) is 72.8 Å². The van der Waals surface area contributed by atoms with Gasteiger partial charge >= 0.3 is 0 Å². The Morgan fingerprint density at radius 1 is 0.850 bits per heavy atom. The Balaban J connectivity index is 2.10. The first-order valence-electron chi connectivity index (χ1n) is 6.72. The first-order valence-corrected chi connectivity index (χ1v) is 8.13. The Kier molecular flexibility index (Phi) is 3.99. The second kappa shape index (κ2) is 6.07. The third kappa shape index (κ3) is 2.55. The van der Waals surface area contributed by atoms with Crippen molar-refractivity contribution in [2.24, 2.45) is 0 Å². The third-order valence-electron chi connectivity index (χ3n) is 3.40. The molecule has 2 heteroatoms. The van der Waals surface area contributed by atoms with E-state index in [0.29, 0.717) is 5.66 Å². The lowest BCUT2D eigenvalue weighted by Crippen LogP contribution is -2.20. The van der Waals surface area contributed by atoms with Crippen molar-refractivity contribution in [1.82, 2.24) is 0 Å². The van der Waals surface area contributed by atoms with Crippen LogP contribution in [0.1, 0.15) is 0 Å². The summed E-state index contributed by atoms with van der Waals surface area (Å²) in [4.78, 5) is 0. The van der Waals surface area contributed by atoms with Gasteiger partial charge in [0.25, 0.3) is 0 Å². The van der Waals surface area contributed by atoms with Gasteiger partial charge in [-0.15, -0.1) is 0 Å². The van der Waals surface area contributed by atoms with E-state index >= 15 is 0 Å².